The Morgan fingerprint density at radius 2 is 1.65 bits per heavy atom. The molecule has 0 aliphatic rings. The van der Waals surface area contributed by atoms with E-state index in [0.717, 1.165) is 10.6 Å². The Balaban J connectivity index is 2.42. The first-order chi connectivity index (χ1) is 14.7. The number of sulfonamides is 1. The van der Waals surface area contributed by atoms with Gasteiger partial charge in [0.1, 0.15) is 12.6 Å². The third-order valence-corrected chi connectivity index (χ3v) is 6.27. The molecule has 0 heterocycles. The molecule has 1 atom stereocenters. The first kappa shape index (κ1) is 24.7. The minimum Gasteiger partial charge on any atom is -0.355 e. The van der Waals surface area contributed by atoms with Crippen molar-refractivity contribution in [3.8, 4) is 0 Å². The van der Waals surface area contributed by atoms with E-state index < -0.39 is 28.5 Å². The van der Waals surface area contributed by atoms with Gasteiger partial charge in [-0.15, -0.1) is 0 Å². The number of hydrogen-bond donors (Lipinski definition) is 1. The second-order valence-corrected chi connectivity index (χ2v) is 9.35. The molecular weight excluding hydrogens is 438 g/mol. The van der Waals surface area contributed by atoms with Gasteiger partial charge in [-0.05, 0) is 37.1 Å². The molecule has 0 radical (unpaired) electrons. The lowest BCUT2D eigenvalue weighted by Crippen LogP contribution is -2.52. The molecule has 0 fully saturated rings. The second-order valence-electron chi connectivity index (χ2n) is 7.04. The van der Waals surface area contributed by atoms with E-state index in [2.05, 4.69) is 5.32 Å². The van der Waals surface area contributed by atoms with Crippen LogP contribution in [0.1, 0.15) is 25.8 Å². The molecule has 0 bridgehead atoms. The number of rotatable bonds is 10. The summed E-state index contributed by atoms with van der Waals surface area (Å²) in [6, 6.07) is 14.7. The van der Waals surface area contributed by atoms with Gasteiger partial charge in [-0.3, -0.25) is 13.9 Å². The number of nitrogens with one attached hydrogen (secondary N) is 1. The normalized spacial score (nSPS) is 12.1. The molecule has 0 spiro atoms. The molecule has 2 aromatic carbocycles. The van der Waals surface area contributed by atoms with Crippen LogP contribution >= 0.6 is 11.6 Å². The zero-order chi connectivity index (χ0) is 23.0. The summed E-state index contributed by atoms with van der Waals surface area (Å²) in [4.78, 5) is 27.5. The maximum Gasteiger partial charge on any atom is 0.244 e. The molecule has 0 aliphatic carbocycles. The quantitative estimate of drug-likeness (QED) is 0.584. The number of nitrogens with zero attached hydrogens (tertiary/aromatic N) is 2. The van der Waals surface area contributed by atoms with Gasteiger partial charge in [0.25, 0.3) is 0 Å². The average molecular weight is 466 g/mol. The summed E-state index contributed by atoms with van der Waals surface area (Å²) in [5.74, 6) is -0.789. The highest BCUT2D eigenvalue weighted by Crippen LogP contribution is 2.22. The molecule has 2 aromatic rings. The molecule has 1 N–H and O–H groups in total. The van der Waals surface area contributed by atoms with Crippen LogP contribution in [0.5, 0.6) is 0 Å². The summed E-state index contributed by atoms with van der Waals surface area (Å²) < 4.78 is 25.9. The van der Waals surface area contributed by atoms with Crippen molar-refractivity contribution >= 4 is 39.1 Å². The number of amides is 2. The van der Waals surface area contributed by atoms with E-state index in [1.807, 2.05) is 0 Å². The van der Waals surface area contributed by atoms with Crippen molar-refractivity contribution in [2.24, 2.45) is 0 Å². The molecule has 2 amide bonds. The minimum absolute atomic E-state index is 0.0839. The van der Waals surface area contributed by atoms with Gasteiger partial charge in [0.2, 0.25) is 21.8 Å². The van der Waals surface area contributed by atoms with Crippen LogP contribution < -0.4 is 9.62 Å². The summed E-state index contributed by atoms with van der Waals surface area (Å²) in [5.41, 5.74) is 1.05. The standard InChI is InChI=1S/C22H28ClN3O4S/c1-4-20(22(28)24-5-2)25(15-17-11-9-10-14-19(17)23)21(27)16-26(31(3,29)30)18-12-7-6-8-13-18/h6-14,20H,4-5,15-16H2,1-3H3,(H,24,28)/t20-/m1/s1. The Morgan fingerprint density at radius 1 is 1.03 bits per heavy atom. The smallest absolute Gasteiger partial charge is 0.244 e. The molecule has 0 aromatic heterocycles. The lowest BCUT2D eigenvalue weighted by molar-refractivity contribution is -0.140. The van der Waals surface area contributed by atoms with Gasteiger partial charge in [-0.1, -0.05) is 54.9 Å². The number of benzene rings is 2. The molecular formula is C22H28ClN3O4S. The minimum atomic E-state index is -3.73. The first-order valence-electron chi connectivity index (χ1n) is 10.0. The van der Waals surface area contributed by atoms with Crippen molar-refractivity contribution in [3.05, 3.63) is 65.2 Å². The van der Waals surface area contributed by atoms with Gasteiger partial charge in [-0.25, -0.2) is 8.42 Å². The summed E-state index contributed by atoms with van der Waals surface area (Å²) >= 11 is 6.29. The Morgan fingerprint density at radius 3 is 2.19 bits per heavy atom. The fourth-order valence-electron chi connectivity index (χ4n) is 3.23. The molecule has 31 heavy (non-hydrogen) atoms. The molecule has 168 valence electrons. The predicted octanol–water partition coefficient (Wildman–Crippen LogP) is 3.05. The monoisotopic (exact) mass is 465 g/mol. The van der Waals surface area contributed by atoms with Crippen LogP contribution in [0, 0.1) is 0 Å². The molecule has 9 heteroatoms. The Kier molecular flexibility index (Phi) is 8.88. The third-order valence-electron chi connectivity index (χ3n) is 4.76. The zero-order valence-corrected chi connectivity index (χ0v) is 19.5. The van der Waals surface area contributed by atoms with E-state index in [0.29, 0.717) is 29.2 Å². The summed E-state index contributed by atoms with van der Waals surface area (Å²) in [5, 5.41) is 3.22. The average Bonchev–Trinajstić information content (AvgIpc) is 2.73. The van der Waals surface area contributed by atoms with Crippen molar-refractivity contribution in [3.63, 3.8) is 0 Å². The van der Waals surface area contributed by atoms with Gasteiger partial charge >= 0.3 is 0 Å². The fourth-order valence-corrected chi connectivity index (χ4v) is 4.27. The molecule has 0 saturated heterocycles. The highest BCUT2D eigenvalue weighted by atomic mass is 35.5. The van der Waals surface area contributed by atoms with E-state index in [1.54, 1.807) is 68.4 Å². The Labute approximate surface area is 189 Å². The van der Waals surface area contributed by atoms with Crippen molar-refractivity contribution < 1.29 is 18.0 Å². The number of carbonyl (C=O) groups is 2. The van der Waals surface area contributed by atoms with E-state index in [-0.39, 0.29) is 12.5 Å². The van der Waals surface area contributed by atoms with Gasteiger partial charge in [0, 0.05) is 18.1 Å². The maximum atomic E-state index is 13.4. The van der Waals surface area contributed by atoms with E-state index >= 15 is 0 Å². The predicted molar refractivity (Wildman–Crippen MR) is 123 cm³/mol. The first-order valence-corrected chi connectivity index (χ1v) is 12.2. The SMILES string of the molecule is CCNC(=O)[C@@H](CC)N(Cc1ccccc1Cl)C(=O)CN(c1ccccc1)S(C)(=O)=O. The van der Waals surface area contributed by atoms with E-state index in [9.17, 15) is 18.0 Å². The number of likely N-dealkylation sites (N-methyl/N-ethyl adjacent to an activating group) is 1. The van der Waals surface area contributed by atoms with Crippen LogP contribution in [0.15, 0.2) is 54.6 Å². The highest BCUT2D eigenvalue weighted by Gasteiger charge is 2.31. The van der Waals surface area contributed by atoms with Gasteiger partial charge in [-0.2, -0.15) is 0 Å². The third kappa shape index (κ3) is 6.70. The Bertz CT molecular complexity index is 999. The highest BCUT2D eigenvalue weighted by molar-refractivity contribution is 7.92. The van der Waals surface area contributed by atoms with Gasteiger partial charge in [0.15, 0.2) is 0 Å². The van der Waals surface area contributed by atoms with Crippen LogP contribution in [-0.2, 0) is 26.2 Å². The number of hydrogen-bond acceptors (Lipinski definition) is 4. The number of halogens is 1. The molecule has 2 rings (SSSR count). The van der Waals surface area contributed by atoms with Crippen LogP contribution in [-0.4, -0.2) is 50.5 Å². The fraction of sp³-hybridized carbons (Fsp3) is 0.364. The second kappa shape index (κ2) is 11.2. The van der Waals surface area contributed by atoms with Crippen molar-refractivity contribution in [1.82, 2.24) is 10.2 Å². The van der Waals surface area contributed by atoms with Gasteiger partial charge < -0.3 is 10.2 Å². The van der Waals surface area contributed by atoms with Crippen LogP contribution in [0.3, 0.4) is 0 Å². The topological polar surface area (TPSA) is 86.8 Å². The lowest BCUT2D eigenvalue weighted by atomic mass is 10.1. The maximum absolute atomic E-state index is 13.4. The zero-order valence-electron chi connectivity index (χ0n) is 17.9. The van der Waals surface area contributed by atoms with Crippen LogP contribution in [0.25, 0.3) is 0 Å². The van der Waals surface area contributed by atoms with E-state index in [4.69, 9.17) is 11.6 Å². The van der Waals surface area contributed by atoms with Gasteiger partial charge in [0.05, 0.1) is 11.9 Å². The Hall–Kier alpha value is -2.58. The summed E-state index contributed by atoms with van der Waals surface area (Å²) in [6.07, 6.45) is 1.42. The molecule has 0 aliphatic heterocycles. The van der Waals surface area contributed by atoms with E-state index in [1.165, 1.54) is 4.90 Å². The number of carbonyl (C=O) groups excluding carboxylic acids is 2. The van der Waals surface area contributed by atoms with Crippen LogP contribution in [0.4, 0.5) is 5.69 Å². The van der Waals surface area contributed by atoms with Crippen LogP contribution in [0.2, 0.25) is 5.02 Å². The lowest BCUT2D eigenvalue weighted by Gasteiger charge is -2.33. The number of anilines is 1. The molecule has 0 unspecified atom stereocenters. The van der Waals surface area contributed by atoms with Crippen molar-refractivity contribution in [1.29, 1.82) is 0 Å². The number of para-hydroxylation sites is 1. The summed E-state index contributed by atoms with van der Waals surface area (Å²) in [6.45, 7) is 3.68. The largest absolute Gasteiger partial charge is 0.355 e. The van der Waals surface area contributed by atoms with Crippen molar-refractivity contribution in [2.45, 2.75) is 32.9 Å². The molecule has 7 nitrogen and oxygen atoms in total. The molecule has 0 saturated carbocycles. The summed E-state index contributed by atoms with van der Waals surface area (Å²) in [7, 11) is -3.73. The van der Waals surface area contributed by atoms with Crippen molar-refractivity contribution in [2.75, 3.05) is 23.7 Å².